The highest BCUT2D eigenvalue weighted by molar-refractivity contribution is 9.08. The third-order valence-electron chi connectivity index (χ3n) is 3.89. The van der Waals surface area contributed by atoms with E-state index >= 15 is 0 Å². The van der Waals surface area contributed by atoms with Gasteiger partial charge in [0.25, 0.3) is 0 Å². The van der Waals surface area contributed by atoms with Crippen molar-refractivity contribution in [3.8, 4) is 0 Å². The van der Waals surface area contributed by atoms with E-state index in [9.17, 15) is 0 Å². The van der Waals surface area contributed by atoms with E-state index in [0.717, 1.165) is 30.5 Å². The van der Waals surface area contributed by atoms with Gasteiger partial charge in [-0.05, 0) is 47.1 Å². The molecule has 2 aromatic carbocycles. The Labute approximate surface area is 153 Å². The lowest BCUT2D eigenvalue weighted by Gasteiger charge is -2.23. The van der Waals surface area contributed by atoms with Crippen LogP contribution >= 0.6 is 27.7 Å². The minimum absolute atomic E-state index is 0.0120. The lowest BCUT2D eigenvalue weighted by Crippen LogP contribution is -2.11. The van der Waals surface area contributed by atoms with Crippen molar-refractivity contribution >= 4 is 27.7 Å². The monoisotopic (exact) mass is 392 g/mol. The maximum absolute atomic E-state index is 6.24. The van der Waals surface area contributed by atoms with E-state index in [4.69, 9.17) is 4.74 Å². The molecule has 3 heteroatoms. The number of hydrogen-bond donors (Lipinski definition) is 0. The van der Waals surface area contributed by atoms with Gasteiger partial charge in [0, 0.05) is 11.9 Å². The van der Waals surface area contributed by atoms with E-state index < -0.39 is 0 Å². The Morgan fingerprint density at radius 3 is 2.52 bits per heavy atom. The average Bonchev–Trinajstić information content (AvgIpc) is 2.61. The van der Waals surface area contributed by atoms with Gasteiger partial charge in [-0.1, -0.05) is 71.4 Å². The van der Waals surface area contributed by atoms with Gasteiger partial charge in [0.15, 0.2) is 0 Å². The zero-order valence-corrected chi connectivity index (χ0v) is 16.3. The summed E-state index contributed by atoms with van der Waals surface area (Å²) in [5, 5.41) is 0.867. The minimum Gasteiger partial charge on any atom is -0.369 e. The quantitative estimate of drug-likeness (QED) is 0.483. The van der Waals surface area contributed by atoms with E-state index in [1.165, 1.54) is 22.3 Å². The van der Waals surface area contributed by atoms with Crippen molar-refractivity contribution < 1.29 is 4.74 Å². The van der Waals surface area contributed by atoms with Gasteiger partial charge in [-0.25, -0.2) is 0 Å². The summed E-state index contributed by atoms with van der Waals surface area (Å²) in [4.78, 5) is 0. The molecule has 0 fully saturated rings. The summed E-state index contributed by atoms with van der Waals surface area (Å²) in [7, 11) is 0. The van der Waals surface area contributed by atoms with Gasteiger partial charge >= 0.3 is 0 Å². The highest BCUT2D eigenvalue weighted by atomic mass is 79.9. The van der Waals surface area contributed by atoms with Gasteiger partial charge in [0.2, 0.25) is 0 Å². The van der Waals surface area contributed by atoms with Gasteiger partial charge in [0.1, 0.15) is 6.10 Å². The summed E-state index contributed by atoms with van der Waals surface area (Å²) >= 11 is 5.59. The molecule has 0 radical (unpaired) electrons. The number of rotatable bonds is 9. The molecule has 0 aromatic heterocycles. The van der Waals surface area contributed by atoms with Crippen LogP contribution in [0.25, 0.3) is 0 Å². The molecule has 1 nitrogen and oxygen atoms in total. The average molecular weight is 393 g/mol. The molecule has 0 saturated carbocycles. The van der Waals surface area contributed by atoms with E-state index in [1.807, 2.05) is 11.8 Å². The van der Waals surface area contributed by atoms with Crippen molar-refractivity contribution in [1.29, 1.82) is 0 Å². The summed E-state index contributed by atoms with van der Waals surface area (Å²) in [6, 6.07) is 17.2. The molecule has 0 aliphatic heterocycles. The van der Waals surface area contributed by atoms with Crippen LogP contribution in [0.4, 0.5) is 0 Å². The fraction of sp³-hybridized carbons (Fsp3) is 0.400. The van der Waals surface area contributed by atoms with Crippen molar-refractivity contribution in [3.05, 3.63) is 70.8 Å². The standard InChI is InChI=1S/C20H25BrOS/c1-3-13-22-20(17-8-5-4-6-9-17)18-11-7-10-16(12-14-23-2)19(18)15-21/h4-11,20H,3,12-15H2,1-2H3. The third-order valence-corrected chi connectivity index (χ3v) is 5.06. The number of aryl methyl sites for hydroxylation is 1. The Morgan fingerprint density at radius 1 is 1.09 bits per heavy atom. The van der Waals surface area contributed by atoms with Gasteiger partial charge in [0.05, 0.1) is 0 Å². The zero-order valence-electron chi connectivity index (χ0n) is 13.9. The SMILES string of the molecule is CCCOC(c1ccccc1)c1cccc(CCSC)c1CBr. The molecule has 124 valence electrons. The molecule has 0 heterocycles. The summed E-state index contributed by atoms with van der Waals surface area (Å²) in [5.41, 5.74) is 5.33. The fourth-order valence-electron chi connectivity index (χ4n) is 2.74. The Morgan fingerprint density at radius 2 is 1.87 bits per heavy atom. The maximum atomic E-state index is 6.24. The van der Waals surface area contributed by atoms with Crippen molar-refractivity contribution in [1.82, 2.24) is 0 Å². The molecule has 0 bridgehead atoms. The maximum Gasteiger partial charge on any atom is 0.108 e. The largest absolute Gasteiger partial charge is 0.369 e. The molecule has 0 N–H and O–H groups in total. The molecule has 0 aliphatic rings. The first kappa shape index (κ1) is 18.6. The van der Waals surface area contributed by atoms with Gasteiger partial charge < -0.3 is 4.74 Å². The van der Waals surface area contributed by atoms with Crippen LogP contribution in [0, 0.1) is 0 Å². The fourth-order valence-corrected chi connectivity index (χ4v) is 3.85. The van der Waals surface area contributed by atoms with Crippen LogP contribution in [0.2, 0.25) is 0 Å². The lowest BCUT2D eigenvalue weighted by atomic mass is 9.93. The second kappa shape index (κ2) is 10.2. The molecule has 2 aromatic rings. The summed E-state index contributed by atoms with van der Waals surface area (Å²) in [6.07, 6.45) is 4.30. The van der Waals surface area contributed by atoms with Crippen LogP contribution in [-0.2, 0) is 16.5 Å². The summed E-state index contributed by atoms with van der Waals surface area (Å²) in [6.45, 7) is 2.93. The second-order valence-electron chi connectivity index (χ2n) is 5.52. The van der Waals surface area contributed by atoms with Crippen molar-refractivity contribution in [2.45, 2.75) is 31.2 Å². The molecular formula is C20H25BrOS. The number of benzene rings is 2. The molecule has 0 amide bonds. The predicted octanol–water partition coefficient (Wildman–Crippen LogP) is 6.00. The summed E-state index contributed by atoms with van der Waals surface area (Å²) in [5.74, 6) is 1.15. The van der Waals surface area contributed by atoms with Crippen LogP contribution in [0.15, 0.2) is 48.5 Å². The summed E-state index contributed by atoms with van der Waals surface area (Å²) < 4.78 is 6.24. The van der Waals surface area contributed by atoms with Crippen molar-refractivity contribution in [3.63, 3.8) is 0 Å². The first-order valence-corrected chi connectivity index (χ1v) is 10.7. The smallest absolute Gasteiger partial charge is 0.108 e. The highest BCUT2D eigenvalue weighted by Gasteiger charge is 2.19. The second-order valence-corrected chi connectivity index (χ2v) is 7.07. The molecule has 0 aliphatic carbocycles. The van der Waals surface area contributed by atoms with E-state index in [0.29, 0.717) is 0 Å². The lowest BCUT2D eigenvalue weighted by molar-refractivity contribution is 0.0801. The van der Waals surface area contributed by atoms with Crippen LogP contribution in [0.5, 0.6) is 0 Å². The molecule has 0 saturated heterocycles. The number of halogens is 1. The molecule has 0 spiro atoms. The molecule has 1 atom stereocenters. The number of thioether (sulfide) groups is 1. The molecular weight excluding hydrogens is 368 g/mol. The number of ether oxygens (including phenoxy) is 1. The number of hydrogen-bond acceptors (Lipinski definition) is 2. The van der Waals surface area contributed by atoms with Gasteiger partial charge in [-0.3, -0.25) is 0 Å². The van der Waals surface area contributed by atoms with Crippen LogP contribution in [0.1, 0.15) is 41.7 Å². The van der Waals surface area contributed by atoms with Crippen LogP contribution in [-0.4, -0.2) is 18.6 Å². The van der Waals surface area contributed by atoms with E-state index in [2.05, 4.69) is 77.6 Å². The first-order chi connectivity index (χ1) is 11.3. The third kappa shape index (κ3) is 5.10. The normalized spacial score (nSPS) is 12.3. The predicted molar refractivity (Wildman–Crippen MR) is 106 cm³/mol. The van der Waals surface area contributed by atoms with E-state index in [1.54, 1.807) is 0 Å². The van der Waals surface area contributed by atoms with Gasteiger partial charge in [-0.2, -0.15) is 11.8 Å². The van der Waals surface area contributed by atoms with Crippen LogP contribution in [0.3, 0.4) is 0 Å². The minimum atomic E-state index is 0.0120. The van der Waals surface area contributed by atoms with Crippen LogP contribution < -0.4 is 0 Å². The van der Waals surface area contributed by atoms with Gasteiger partial charge in [-0.15, -0.1) is 0 Å². The molecule has 23 heavy (non-hydrogen) atoms. The Hall–Kier alpha value is -0.770. The first-order valence-electron chi connectivity index (χ1n) is 8.13. The molecule has 1 unspecified atom stereocenters. The zero-order chi connectivity index (χ0) is 16.5. The number of alkyl halides is 1. The Balaban J connectivity index is 2.41. The Kier molecular flexibility index (Phi) is 8.21. The highest BCUT2D eigenvalue weighted by Crippen LogP contribution is 2.32. The van der Waals surface area contributed by atoms with Crippen molar-refractivity contribution in [2.24, 2.45) is 0 Å². The van der Waals surface area contributed by atoms with Crippen molar-refractivity contribution in [2.75, 3.05) is 18.6 Å². The Bertz CT molecular complexity index is 585. The topological polar surface area (TPSA) is 9.23 Å². The van der Waals surface area contributed by atoms with E-state index in [-0.39, 0.29) is 6.10 Å². The molecule has 2 rings (SSSR count).